The Morgan fingerprint density at radius 2 is 1.85 bits per heavy atom. The fraction of sp³-hybridized carbons (Fsp3) is 0.611. The van der Waals surface area contributed by atoms with Crippen molar-refractivity contribution in [3.8, 4) is 11.5 Å². The molecule has 0 aromatic heterocycles. The lowest BCUT2D eigenvalue weighted by atomic mass is 10.1. The zero-order valence-corrected chi connectivity index (χ0v) is 16.4. The molecule has 1 atom stereocenters. The van der Waals surface area contributed by atoms with Gasteiger partial charge < -0.3 is 14.8 Å². The number of carbonyl (C=O) groups excluding carboxylic acids is 1. The monoisotopic (exact) mass is 384 g/mol. The van der Waals surface area contributed by atoms with E-state index < -0.39 is 16.1 Å². The lowest BCUT2D eigenvalue weighted by Gasteiger charge is -2.23. The van der Waals surface area contributed by atoms with Gasteiger partial charge in [0.15, 0.2) is 11.5 Å². The van der Waals surface area contributed by atoms with Crippen LogP contribution in [0.15, 0.2) is 23.1 Å². The second-order valence-corrected chi connectivity index (χ2v) is 8.36. The van der Waals surface area contributed by atoms with Gasteiger partial charge in [-0.2, -0.15) is 4.72 Å². The van der Waals surface area contributed by atoms with Crippen LogP contribution in [0.3, 0.4) is 0 Å². The third kappa shape index (κ3) is 5.35. The van der Waals surface area contributed by atoms with E-state index in [9.17, 15) is 13.2 Å². The van der Waals surface area contributed by atoms with Gasteiger partial charge in [0.25, 0.3) is 0 Å². The molecule has 2 N–H and O–H groups in total. The normalized spacial score (nSPS) is 14.9. The first-order valence-corrected chi connectivity index (χ1v) is 10.5. The lowest BCUT2D eigenvalue weighted by Crippen LogP contribution is -2.49. The van der Waals surface area contributed by atoms with Gasteiger partial charge in [0.05, 0.1) is 4.90 Å². The molecule has 1 aromatic carbocycles. The van der Waals surface area contributed by atoms with E-state index in [1.165, 1.54) is 12.1 Å². The highest BCUT2D eigenvalue weighted by Crippen LogP contribution is 2.32. The Hall–Kier alpha value is -1.80. The number of hydrogen-bond acceptors (Lipinski definition) is 5. The van der Waals surface area contributed by atoms with E-state index in [0.29, 0.717) is 31.3 Å². The van der Waals surface area contributed by atoms with Crippen molar-refractivity contribution < 1.29 is 22.7 Å². The fourth-order valence-electron chi connectivity index (χ4n) is 2.61. The molecule has 0 fully saturated rings. The number of carbonyl (C=O) groups is 1. The SMILES string of the molecule is CCCCCNC(=O)[C@H](NS(=O)(=O)c1ccc2c(c1)OCCO2)C(C)C. The number of unbranched alkanes of at least 4 members (excludes halogenated alkanes) is 2. The smallest absolute Gasteiger partial charge is 0.241 e. The van der Waals surface area contributed by atoms with Crippen LogP contribution >= 0.6 is 0 Å². The van der Waals surface area contributed by atoms with E-state index in [1.807, 2.05) is 13.8 Å². The van der Waals surface area contributed by atoms with Gasteiger partial charge in [-0.3, -0.25) is 4.79 Å². The van der Waals surface area contributed by atoms with Crippen LogP contribution < -0.4 is 19.5 Å². The summed E-state index contributed by atoms with van der Waals surface area (Å²) in [5.41, 5.74) is 0. The summed E-state index contributed by atoms with van der Waals surface area (Å²) in [6.45, 7) is 7.05. The first-order valence-electron chi connectivity index (χ1n) is 9.05. The number of benzene rings is 1. The van der Waals surface area contributed by atoms with Crippen molar-refractivity contribution in [2.45, 2.75) is 51.0 Å². The maximum Gasteiger partial charge on any atom is 0.241 e. The van der Waals surface area contributed by atoms with Crippen molar-refractivity contribution in [2.24, 2.45) is 5.92 Å². The minimum Gasteiger partial charge on any atom is -0.486 e. The number of hydrogen-bond donors (Lipinski definition) is 2. The van der Waals surface area contributed by atoms with Gasteiger partial charge in [-0.05, 0) is 24.5 Å². The average molecular weight is 384 g/mol. The highest BCUT2D eigenvalue weighted by molar-refractivity contribution is 7.89. The maximum absolute atomic E-state index is 12.7. The number of sulfonamides is 1. The van der Waals surface area contributed by atoms with Gasteiger partial charge in [0.2, 0.25) is 15.9 Å². The summed E-state index contributed by atoms with van der Waals surface area (Å²) in [7, 11) is -3.86. The van der Waals surface area contributed by atoms with Crippen molar-refractivity contribution in [2.75, 3.05) is 19.8 Å². The molecule has 0 radical (unpaired) electrons. The number of ether oxygens (including phenoxy) is 2. The molecule has 146 valence electrons. The number of rotatable bonds is 9. The van der Waals surface area contributed by atoms with Crippen LogP contribution in [-0.4, -0.2) is 40.1 Å². The molecule has 1 aromatic rings. The highest BCUT2D eigenvalue weighted by atomic mass is 32.2. The Labute approximate surface area is 155 Å². The van der Waals surface area contributed by atoms with E-state index in [-0.39, 0.29) is 16.7 Å². The van der Waals surface area contributed by atoms with Gasteiger partial charge in [-0.1, -0.05) is 33.6 Å². The number of nitrogens with one attached hydrogen (secondary N) is 2. The van der Waals surface area contributed by atoms with Gasteiger partial charge in [0.1, 0.15) is 19.3 Å². The summed E-state index contributed by atoms with van der Waals surface area (Å²) < 4.78 is 38.8. The first kappa shape index (κ1) is 20.5. The molecule has 0 aliphatic carbocycles. The molecule has 0 spiro atoms. The Morgan fingerprint density at radius 1 is 1.15 bits per heavy atom. The summed E-state index contributed by atoms with van der Waals surface area (Å²) >= 11 is 0. The van der Waals surface area contributed by atoms with Crippen molar-refractivity contribution in [3.05, 3.63) is 18.2 Å². The van der Waals surface area contributed by atoms with Crippen molar-refractivity contribution in [3.63, 3.8) is 0 Å². The molecule has 8 heteroatoms. The van der Waals surface area contributed by atoms with Gasteiger partial charge in [0, 0.05) is 12.6 Å². The molecule has 1 amide bonds. The van der Waals surface area contributed by atoms with Gasteiger partial charge >= 0.3 is 0 Å². The zero-order valence-electron chi connectivity index (χ0n) is 15.6. The van der Waals surface area contributed by atoms with Crippen LogP contribution in [0.25, 0.3) is 0 Å². The molecule has 26 heavy (non-hydrogen) atoms. The largest absolute Gasteiger partial charge is 0.486 e. The second-order valence-electron chi connectivity index (χ2n) is 6.65. The van der Waals surface area contributed by atoms with Crippen molar-refractivity contribution in [1.82, 2.24) is 10.0 Å². The zero-order chi connectivity index (χ0) is 19.2. The van der Waals surface area contributed by atoms with E-state index >= 15 is 0 Å². The van der Waals surface area contributed by atoms with E-state index in [4.69, 9.17) is 9.47 Å². The lowest BCUT2D eigenvalue weighted by molar-refractivity contribution is -0.123. The minimum absolute atomic E-state index is 0.0474. The molecular weight excluding hydrogens is 356 g/mol. The summed E-state index contributed by atoms with van der Waals surface area (Å²) in [6, 6.07) is 3.60. The van der Waals surface area contributed by atoms with Gasteiger partial charge in [-0.25, -0.2) is 8.42 Å². The molecule has 0 bridgehead atoms. The molecule has 0 saturated heterocycles. The molecule has 1 aliphatic rings. The number of fused-ring (bicyclic) bond motifs is 1. The van der Waals surface area contributed by atoms with E-state index in [2.05, 4.69) is 17.0 Å². The maximum atomic E-state index is 12.7. The van der Waals surface area contributed by atoms with Gasteiger partial charge in [-0.15, -0.1) is 0 Å². The standard InChI is InChI=1S/C18H28N2O5S/c1-4-5-6-9-19-18(21)17(13(2)3)20-26(22,23)14-7-8-15-16(12-14)25-11-10-24-15/h7-8,12-13,17,20H,4-6,9-11H2,1-3H3,(H,19,21)/t17-/m1/s1. The number of amides is 1. The van der Waals surface area contributed by atoms with Crippen LogP contribution in [0.2, 0.25) is 0 Å². The van der Waals surface area contributed by atoms with Crippen molar-refractivity contribution >= 4 is 15.9 Å². The Bertz CT molecular complexity index is 718. The molecule has 1 aliphatic heterocycles. The fourth-order valence-corrected chi connectivity index (χ4v) is 3.97. The van der Waals surface area contributed by atoms with Crippen LogP contribution in [0.5, 0.6) is 11.5 Å². The molecule has 7 nitrogen and oxygen atoms in total. The Balaban J connectivity index is 2.10. The summed E-state index contributed by atoms with van der Waals surface area (Å²) in [6.07, 6.45) is 2.96. The summed E-state index contributed by atoms with van der Waals surface area (Å²) in [4.78, 5) is 12.5. The predicted octanol–water partition coefficient (Wildman–Crippen LogP) is 2.07. The van der Waals surface area contributed by atoms with Crippen LogP contribution in [0.4, 0.5) is 0 Å². The summed E-state index contributed by atoms with van der Waals surface area (Å²) in [5, 5.41) is 2.81. The third-order valence-electron chi connectivity index (χ3n) is 4.13. The van der Waals surface area contributed by atoms with Crippen molar-refractivity contribution in [1.29, 1.82) is 0 Å². The molecular formula is C18H28N2O5S. The topological polar surface area (TPSA) is 93.7 Å². The van der Waals surface area contributed by atoms with E-state index in [0.717, 1.165) is 19.3 Å². The Kier molecular flexibility index (Phi) is 7.28. The van der Waals surface area contributed by atoms with Crippen LogP contribution in [0.1, 0.15) is 40.0 Å². The second kappa shape index (κ2) is 9.23. The van der Waals surface area contributed by atoms with Crippen LogP contribution in [-0.2, 0) is 14.8 Å². The highest BCUT2D eigenvalue weighted by Gasteiger charge is 2.29. The van der Waals surface area contributed by atoms with E-state index in [1.54, 1.807) is 6.07 Å². The summed E-state index contributed by atoms with van der Waals surface area (Å²) in [5.74, 6) is 0.416. The predicted molar refractivity (Wildman–Crippen MR) is 98.9 cm³/mol. The first-order chi connectivity index (χ1) is 12.3. The minimum atomic E-state index is -3.86. The molecule has 2 rings (SSSR count). The third-order valence-corrected chi connectivity index (χ3v) is 5.57. The quantitative estimate of drug-likeness (QED) is 0.636. The molecule has 0 saturated carbocycles. The Morgan fingerprint density at radius 3 is 2.50 bits per heavy atom. The van der Waals surface area contributed by atoms with Crippen LogP contribution in [0, 0.1) is 5.92 Å². The molecule has 1 heterocycles. The average Bonchev–Trinajstić information content (AvgIpc) is 2.62. The molecule has 0 unspecified atom stereocenters.